The van der Waals surface area contributed by atoms with Crippen molar-refractivity contribution in [1.29, 1.82) is 0 Å². The monoisotopic (exact) mass is 349 g/mol. The molecule has 7 heteroatoms. The Balaban J connectivity index is 2.19. The van der Waals surface area contributed by atoms with Crippen LogP contribution >= 0.6 is 15.9 Å². The molecule has 0 radical (unpaired) electrons. The standard InChI is InChI=1S/C12H20BrN3O2S/c1-8(13)11-4-6-16(7-5-11)19(17,18)12-9(2)14-15-10(12)3/h8,11H,4-7H2,1-3H3,(H,14,15). The van der Waals surface area contributed by atoms with E-state index in [4.69, 9.17) is 0 Å². The second-order valence-electron chi connectivity index (χ2n) is 5.18. The second-order valence-corrected chi connectivity index (χ2v) is 8.50. The number of H-pyrrole nitrogens is 1. The first-order chi connectivity index (χ1) is 8.84. The van der Waals surface area contributed by atoms with Crippen LogP contribution in [0.4, 0.5) is 0 Å². The lowest BCUT2D eigenvalue weighted by atomic mass is 9.96. The lowest BCUT2D eigenvalue weighted by Gasteiger charge is -2.32. The summed E-state index contributed by atoms with van der Waals surface area (Å²) in [5.74, 6) is 0.554. The third kappa shape index (κ3) is 2.87. The minimum absolute atomic E-state index is 0.345. The average molecular weight is 350 g/mol. The Morgan fingerprint density at radius 3 is 2.37 bits per heavy atom. The van der Waals surface area contributed by atoms with Crippen LogP contribution in [0.3, 0.4) is 0 Å². The zero-order chi connectivity index (χ0) is 14.2. The molecule has 1 saturated heterocycles. The maximum absolute atomic E-state index is 12.6. The molecule has 5 nitrogen and oxygen atoms in total. The Morgan fingerprint density at radius 2 is 1.95 bits per heavy atom. The average Bonchev–Trinajstić information content (AvgIpc) is 2.69. The van der Waals surface area contributed by atoms with Crippen molar-refractivity contribution < 1.29 is 8.42 Å². The number of nitrogens with one attached hydrogen (secondary N) is 1. The molecule has 2 heterocycles. The number of nitrogens with zero attached hydrogens (tertiary/aromatic N) is 2. The van der Waals surface area contributed by atoms with Crippen LogP contribution < -0.4 is 0 Å². The number of aryl methyl sites for hydroxylation is 2. The number of piperidine rings is 1. The van der Waals surface area contributed by atoms with Gasteiger partial charge in [0.25, 0.3) is 0 Å². The van der Waals surface area contributed by atoms with Gasteiger partial charge in [-0.1, -0.05) is 22.9 Å². The summed E-state index contributed by atoms with van der Waals surface area (Å²) in [6, 6.07) is 0. The van der Waals surface area contributed by atoms with Gasteiger partial charge in [0, 0.05) is 17.9 Å². The quantitative estimate of drug-likeness (QED) is 0.850. The molecule has 0 amide bonds. The van der Waals surface area contributed by atoms with Crippen LogP contribution in [0.5, 0.6) is 0 Å². The summed E-state index contributed by atoms with van der Waals surface area (Å²) in [7, 11) is -3.40. The summed E-state index contributed by atoms with van der Waals surface area (Å²) in [5.41, 5.74) is 1.17. The molecule has 1 N–H and O–H groups in total. The van der Waals surface area contributed by atoms with E-state index >= 15 is 0 Å². The van der Waals surface area contributed by atoms with E-state index in [-0.39, 0.29) is 0 Å². The summed E-state index contributed by atoms with van der Waals surface area (Å²) in [5, 5.41) is 6.73. The van der Waals surface area contributed by atoms with Gasteiger partial charge in [-0.15, -0.1) is 0 Å². The first kappa shape index (κ1) is 15.0. The molecule has 19 heavy (non-hydrogen) atoms. The first-order valence-electron chi connectivity index (χ1n) is 6.50. The van der Waals surface area contributed by atoms with Crippen molar-refractivity contribution >= 4 is 26.0 Å². The lowest BCUT2D eigenvalue weighted by Crippen LogP contribution is -2.40. The third-order valence-corrected chi connectivity index (χ3v) is 6.72. The molecule has 0 bridgehead atoms. The van der Waals surface area contributed by atoms with E-state index in [2.05, 4.69) is 33.1 Å². The van der Waals surface area contributed by atoms with Crippen LogP contribution in [-0.4, -0.2) is 40.8 Å². The van der Waals surface area contributed by atoms with E-state index in [0.29, 0.717) is 40.1 Å². The van der Waals surface area contributed by atoms with E-state index < -0.39 is 10.0 Å². The van der Waals surface area contributed by atoms with Gasteiger partial charge in [0.15, 0.2) is 0 Å². The number of rotatable bonds is 3. The van der Waals surface area contributed by atoms with Crippen LogP contribution in [0.2, 0.25) is 0 Å². The van der Waals surface area contributed by atoms with Gasteiger partial charge in [-0.05, 0) is 32.6 Å². The summed E-state index contributed by atoms with van der Waals surface area (Å²) in [6.07, 6.45) is 1.81. The van der Waals surface area contributed by atoms with E-state index in [1.807, 2.05) is 0 Å². The van der Waals surface area contributed by atoms with E-state index in [0.717, 1.165) is 12.8 Å². The Morgan fingerprint density at radius 1 is 1.37 bits per heavy atom. The molecule has 1 aromatic rings. The molecule has 2 rings (SSSR count). The molecule has 0 aliphatic carbocycles. The van der Waals surface area contributed by atoms with Gasteiger partial charge < -0.3 is 0 Å². The highest BCUT2D eigenvalue weighted by Crippen LogP contribution is 2.29. The van der Waals surface area contributed by atoms with Gasteiger partial charge in [-0.2, -0.15) is 9.40 Å². The van der Waals surface area contributed by atoms with Crippen molar-refractivity contribution in [2.24, 2.45) is 5.92 Å². The van der Waals surface area contributed by atoms with Crippen LogP contribution in [0.1, 0.15) is 31.2 Å². The molecule has 1 aliphatic heterocycles. The van der Waals surface area contributed by atoms with Gasteiger partial charge in [0.2, 0.25) is 10.0 Å². The molecule has 1 fully saturated rings. The zero-order valence-electron chi connectivity index (χ0n) is 11.5. The van der Waals surface area contributed by atoms with Gasteiger partial charge in [0.05, 0.1) is 11.4 Å². The largest absolute Gasteiger partial charge is 0.281 e. The summed E-state index contributed by atoms with van der Waals surface area (Å²) in [4.78, 5) is 0.785. The van der Waals surface area contributed by atoms with Crippen molar-refractivity contribution in [2.75, 3.05) is 13.1 Å². The van der Waals surface area contributed by atoms with E-state index in [1.165, 1.54) is 0 Å². The Labute approximate surface area is 122 Å². The number of hydrogen-bond donors (Lipinski definition) is 1. The summed E-state index contributed by atoms with van der Waals surface area (Å²) in [6.45, 7) is 6.78. The molecule has 108 valence electrons. The Bertz CT molecular complexity index is 526. The fraction of sp³-hybridized carbons (Fsp3) is 0.750. The molecule has 1 aliphatic rings. The summed E-state index contributed by atoms with van der Waals surface area (Å²) < 4.78 is 26.8. The van der Waals surface area contributed by atoms with Crippen molar-refractivity contribution in [3.63, 3.8) is 0 Å². The van der Waals surface area contributed by atoms with Gasteiger partial charge >= 0.3 is 0 Å². The predicted molar refractivity (Wildman–Crippen MR) is 77.9 cm³/mol. The van der Waals surface area contributed by atoms with Crippen LogP contribution in [0, 0.1) is 19.8 Å². The fourth-order valence-electron chi connectivity index (χ4n) is 2.63. The van der Waals surface area contributed by atoms with Gasteiger partial charge in [-0.25, -0.2) is 8.42 Å². The molecule has 1 atom stereocenters. The first-order valence-corrected chi connectivity index (χ1v) is 8.85. The number of sulfonamides is 1. The molecule has 1 unspecified atom stereocenters. The molecule has 0 saturated carbocycles. The number of hydrogen-bond acceptors (Lipinski definition) is 3. The van der Waals surface area contributed by atoms with Crippen molar-refractivity contribution in [3.8, 4) is 0 Å². The Kier molecular flexibility index (Phi) is 4.37. The van der Waals surface area contributed by atoms with Crippen molar-refractivity contribution in [1.82, 2.24) is 14.5 Å². The molecular weight excluding hydrogens is 330 g/mol. The highest BCUT2D eigenvalue weighted by atomic mass is 79.9. The van der Waals surface area contributed by atoms with E-state index in [1.54, 1.807) is 18.2 Å². The normalized spacial score (nSPS) is 20.6. The highest BCUT2D eigenvalue weighted by Gasteiger charge is 2.33. The summed E-state index contributed by atoms with van der Waals surface area (Å²) >= 11 is 3.59. The van der Waals surface area contributed by atoms with Gasteiger partial charge in [0.1, 0.15) is 4.90 Å². The van der Waals surface area contributed by atoms with Crippen LogP contribution in [0.25, 0.3) is 0 Å². The number of halogens is 1. The van der Waals surface area contributed by atoms with Crippen molar-refractivity contribution in [3.05, 3.63) is 11.4 Å². The molecule has 0 aromatic carbocycles. The van der Waals surface area contributed by atoms with Crippen molar-refractivity contribution in [2.45, 2.75) is 43.3 Å². The lowest BCUT2D eigenvalue weighted by molar-refractivity contribution is 0.274. The molecule has 1 aromatic heterocycles. The Hall–Kier alpha value is -0.400. The predicted octanol–water partition coefficient (Wildman–Crippen LogP) is 2.21. The SMILES string of the molecule is Cc1n[nH]c(C)c1S(=O)(=O)N1CCC(C(C)Br)CC1. The minimum atomic E-state index is -3.40. The maximum atomic E-state index is 12.6. The zero-order valence-corrected chi connectivity index (χ0v) is 13.9. The minimum Gasteiger partial charge on any atom is -0.281 e. The topological polar surface area (TPSA) is 66.1 Å². The number of aromatic amines is 1. The number of aromatic nitrogens is 2. The maximum Gasteiger partial charge on any atom is 0.246 e. The van der Waals surface area contributed by atoms with Gasteiger partial charge in [-0.3, -0.25) is 5.10 Å². The third-order valence-electron chi connectivity index (χ3n) is 3.81. The van der Waals surface area contributed by atoms with Crippen LogP contribution in [0.15, 0.2) is 4.90 Å². The molecule has 0 spiro atoms. The smallest absolute Gasteiger partial charge is 0.246 e. The fourth-order valence-corrected chi connectivity index (χ4v) is 4.96. The highest BCUT2D eigenvalue weighted by molar-refractivity contribution is 9.09. The number of alkyl halides is 1. The van der Waals surface area contributed by atoms with E-state index in [9.17, 15) is 8.42 Å². The molecular formula is C12H20BrN3O2S. The second kappa shape index (κ2) is 5.54. The van der Waals surface area contributed by atoms with Crippen LogP contribution in [-0.2, 0) is 10.0 Å².